The topological polar surface area (TPSA) is 57.2 Å². The molecule has 1 saturated heterocycles. The van der Waals surface area contributed by atoms with Crippen LogP contribution in [0.2, 0.25) is 0 Å². The summed E-state index contributed by atoms with van der Waals surface area (Å²) in [5.74, 6) is 0. The van der Waals surface area contributed by atoms with Crippen molar-refractivity contribution in [2.24, 2.45) is 0 Å². The number of hydrogen-bond acceptors (Lipinski definition) is 3. The summed E-state index contributed by atoms with van der Waals surface area (Å²) in [5.41, 5.74) is 0. The van der Waals surface area contributed by atoms with Crippen LogP contribution < -0.4 is 0 Å². The van der Waals surface area contributed by atoms with Crippen LogP contribution in [0.1, 0.15) is 26.2 Å². The zero-order chi connectivity index (χ0) is 15.3. The minimum absolute atomic E-state index is 1.34. The van der Waals surface area contributed by atoms with Crippen molar-refractivity contribution in [1.29, 1.82) is 0 Å². The van der Waals surface area contributed by atoms with Gasteiger partial charge in [-0.2, -0.15) is 8.78 Å². The fraction of sp³-hybridized carbons (Fsp3) is 1.00. The third kappa shape index (κ3) is 5.62. The highest BCUT2D eigenvalue weighted by molar-refractivity contribution is 7.86. The van der Waals surface area contributed by atoms with Gasteiger partial charge in [0, 0.05) is 12.8 Å². The van der Waals surface area contributed by atoms with Gasteiger partial charge in [-0.3, -0.25) is 0 Å². The van der Waals surface area contributed by atoms with E-state index in [1.165, 1.54) is 43.4 Å². The molecule has 1 aliphatic heterocycles. The van der Waals surface area contributed by atoms with Gasteiger partial charge in [-0.15, -0.1) is 0 Å². The highest BCUT2D eigenvalue weighted by Crippen LogP contribution is 2.27. The standard InChI is InChI=1S/C8H18N.C2H2F4O3S/c1-3-6-9(2)7-4-5-8-9;3-1(4)2(5,6)10(7,8)9/h3-8H2,1-2H3;1H,(H,7,8,9)/q+1;/p-1. The molecule has 1 fully saturated rings. The lowest BCUT2D eigenvalue weighted by atomic mass is 10.4. The van der Waals surface area contributed by atoms with E-state index < -0.39 is 21.8 Å². The first-order chi connectivity index (χ1) is 8.46. The Balaban J connectivity index is 0.000000342. The lowest BCUT2D eigenvalue weighted by Crippen LogP contribution is -2.41. The first-order valence-electron chi connectivity index (χ1n) is 5.91. The maximum Gasteiger partial charge on any atom is 0.393 e. The molecule has 0 unspecified atom stereocenters. The monoisotopic (exact) mass is 309 g/mol. The van der Waals surface area contributed by atoms with E-state index in [4.69, 9.17) is 0 Å². The van der Waals surface area contributed by atoms with E-state index in [2.05, 4.69) is 14.0 Å². The minimum atomic E-state index is -6.23. The zero-order valence-corrected chi connectivity index (χ0v) is 11.7. The molecular formula is C10H19F4NO3S. The Morgan fingerprint density at radius 1 is 1.26 bits per heavy atom. The molecule has 0 N–H and O–H groups in total. The molecule has 0 saturated carbocycles. The highest BCUT2D eigenvalue weighted by atomic mass is 32.2. The summed E-state index contributed by atoms with van der Waals surface area (Å²) < 4.78 is 74.0. The number of hydrogen-bond donors (Lipinski definition) is 0. The fourth-order valence-corrected chi connectivity index (χ4v) is 2.19. The lowest BCUT2D eigenvalue weighted by molar-refractivity contribution is -0.897. The van der Waals surface area contributed by atoms with Gasteiger partial charge >= 0.3 is 11.7 Å². The maximum atomic E-state index is 11.4. The van der Waals surface area contributed by atoms with Gasteiger partial charge in [0.15, 0.2) is 10.1 Å². The van der Waals surface area contributed by atoms with E-state index in [1.54, 1.807) is 0 Å². The molecule has 0 atom stereocenters. The summed E-state index contributed by atoms with van der Waals surface area (Å²) >= 11 is 0. The van der Waals surface area contributed by atoms with Gasteiger partial charge in [0.1, 0.15) is 0 Å². The number of rotatable bonds is 4. The van der Waals surface area contributed by atoms with Crippen molar-refractivity contribution in [2.75, 3.05) is 26.7 Å². The SMILES string of the molecule is CCC[N+]1(C)CCCC1.O=S(=O)([O-])C(F)(F)C(F)F. The lowest BCUT2D eigenvalue weighted by Gasteiger charge is -2.28. The Hall–Kier alpha value is -0.410. The maximum absolute atomic E-state index is 11.4. The van der Waals surface area contributed by atoms with Crippen LogP contribution in [-0.4, -0.2) is 55.8 Å². The van der Waals surface area contributed by atoms with Gasteiger partial charge in [0.05, 0.1) is 26.7 Å². The predicted molar refractivity (Wildman–Crippen MR) is 61.0 cm³/mol. The van der Waals surface area contributed by atoms with E-state index in [0.29, 0.717) is 0 Å². The Labute approximate surface area is 110 Å². The van der Waals surface area contributed by atoms with Crippen LogP contribution in [0.25, 0.3) is 0 Å². The third-order valence-corrected chi connectivity index (χ3v) is 3.84. The van der Waals surface area contributed by atoms with Crippen LogP contribution in [0.3, 0.4) is 0 Å². The van der Waals surface area contributed by atoms with Gasteiger partial charge < -0.3 is 9.04 Å². The first kappa shape index (κ1) is 18.6. The molecule has 0 spiro atoms. The molecule has 4 nitrogen and oxygen atoms in total. The van der Waals surface area contributed by atoms with E-state index in [-0.39, 0.29) is 0 Å². The second-order valence-corrected chi connectivity index (χ2v) is 6.27. The van der Waals surface area contributed by atoms with Crippen molar-refractivity contribution >= 4 is 10.1 Å². The van der Waals surface area contributed by atoms with Crippen molar-refractivity contribution in [1.82, 2.24) is 0 Å². The van der Waals surface area contributed by atoms with E-state index in [1.807, 2.05) is 0 Å². The molecule has 19 heavy (non-hydrogen) atoms. The normalized spacial score (nSPS) is 19.2. The zero-order valence-electron chi connectivity index (χ0n) is 10.9. The van der Waals surface area contributed by atoms with Gasteiger partial charge in [-0.25, -0.2) is 17.2 Å². The number of quaternary nitrogens is 1. The fourth-order valence-electron chi connectivity index (χ4n) is 1.97. The second kappa shape index (κ2) is 6.85. The van der Waals surface area contributed by atoms with Gasteiger partial charge in [-0.1, -0.05) is 6.92 Å². The van der Waals surface area contributed by atoms with Crippen LogP contribution in [0.4, 0.5) is 17.6 Å². The van der Waals surface area contributed by atoms with Crippen molar-refractivity contribution < 1.29 is 35.0 Å². The number of likely N-dealkylation sites (tertiary alicyclic amines) is 1. The number of nitrogens with zero attached hydrogens (tertiary/aromatic N) is 1. The van der Waals surface area contributed by atoms with Crippen molar-refractivity contribution in [3.05, 3.63) is 0 Å². The third-order valence-electron chi connectivity index (χ3n) is 3.00. The predicted octanol–water partition coefficient (Wildman–Crippen LogP) is 2.03. The molecular weight excluding hydrogens is 290 g/mol. The summed E-state index contributed by atoms with van der Waals surface area (Å²) in [6.45, 7) is 6.52. The van der Waals surface area contributed by atoms with Gasteiger partial charge in [0.25, 0.3) is 0 Å². The summed E-state index contributed by atoms with van der Waals surface area (Å²) in [7, 11) is -3.85. The molecule has 9 heteroatoms. The molecule has 0 aromatic carbocycles. The molecule has 0 radical (unpaired) electrons. The minimum Gasteiger partial charge on any atom is -0.743 e. The average Bonchev–Trinajstić information content (AvgIpc) is 2.64. The molecule has 1 aliphatic rings. The van der Waals surface area contributed by atoms with Crippen molar-refractivity contribution in [2.45, 2.75) is 37.9 Å². The molecule has 0 aromatic rings. The summed E-state index contributed by atoms with van der Waals surface area (Å²) in [6.07, 6.45) is -0.223. The van der Waals surface area contributed by atoms with Crippen LogP contribution in [0.15, 0.2) is 0 Å². The number of halogens is 4. The van der Waals surface area contributed by atoms with E-state index >= 15 is 0 Å². The Morgan fingerprint density at radius 3 is 1.89 bits per heavy atom. The molecule has 0 aromatic heterocycles. The summed E-state index contributed by atoms with van der Waals surface area (Å²) in [4.78, 5) is 0. The quantitative estimate of drug-likeness (QED) is 0.453. The molecule has 1 rings (SSSR count). The largest absolute Gasteiger partial charge is 0.743 e. The second-order valence-electron chi connectivity index (χ2n) is 4.81. The first-order valence-corrected chi connectivity index (χ1v) is 7.32. The average molecular weight is 309 g/mol. The van der Waals surface area contributed by atoms with Crippen molar-refractivity contribution in [3.63, 3.8) is 0 Å². The highest BCUT2D eigenvalue weighted by Gasteiger charge is 2.48. The van der Waals surface area contributed by atoms with Gasteiger partial charge in [0.2, 0.25) is 0 Å². The molecule has 1 heterocycles. The Kier molecular flexibility index (Phi) is 6.70. The molecule has 116 valence electrons. The summed E-state index contributed by atoms with van der Waals surface area (Å²) in [5, 5.41) is -5.48. The molecule has 0 amide bonds. The smallest absolute Gasteiger partial charge is 0.393 e. The van der Waals surface area contributed by atoms with Crippen LogP contribution in [0.5, 0.6) is 0 Å². The van der Waals surface area contributed by atoms with Crippen molar-refractivity contribution in [3.8, 4) is 0 Å². The van der Waals surface area contributed by atoms with E-state index in [9.17, 15) is 30.5 Å². The van der Waals surface area contributed by atoms with Crippen LogP contribution in [0, 0.1) is 0 Å². The van der Waals surface area contributed by atoms with Gasteiger partial charge in [-0.05, 0) is 6.42 Å². The van der Waals surface area contributed by atoms with E-state index in [0.717, 1.165) is 0 Å². The Morgan fingerprint density at radius 2 is 1.68 bits per heavy atom. The molecule has 0 aliphatic carbocycles. The Bertz CT molecular complexity index is 367. The van der Waals surface area contributed by atoms with Crippen LogP contribution in [-0.2, 0) is 10.1 Å². The summed E-state index contributed by atoms with van der Waals surface area (Å²) in [6, 6.07) is 0. The number of alkyl halides is 4. The van der Waals surface area contributed by atoms with Crippen LogP contribution >= 0.6 is 0 Å². The molecule has 0 bridgehead atoms.